The molecule has 1 aromatic rings. The van der Waals surface area contributed by atoms with Gasteiger partial charge in [-0.3, -0.25) is 5.41 Å². The minimum Gasteiger partial charge on any atom is -0.370 e. The van der Waals surface area contributed by atoms with Crippen LogP contribution in [0.3, 0.4) is 0 Å². The Bertz CT molecular complexity index is 528. The lowest BCUT2D eigenvalue weighted by atomic mass is 10.3. The standard InChI is InChI=1S/C9H10ClN5O2.CH5N3/c10-8-2-1-7(5-12-8)6-14-4-3-11-9(14)13-15(16)17;2-1(3)4/h1-2,5H,3-4,6H2,(H,11,13);(H5,2,3,4). The molecule has 0 atom stereocenters. The first-order valence-electron chi connectivity index (χ1n) is 5.80. The number of guanidine groups is 2. The van der Waals surface area contributed by atoms with Crippen molar-refractivity contribution in [2.24, 2.45) is 16.6 Å². The summed E-state index contributed by atoms with van der Waals surface area (Å²) in [6.07, 6.45) is 1.64. The third-order valence-electron chi connectivity index (χ3n) is 2.30. The van der Waals surface area contributed by atoms with Crippen molar-refractivity contribution in [3.8, 4) is 0 Å². The Morgan fingerprint density at radius 3 is 2.81 bits per heavy atom. The highest BCUT2D eigenvalue weighted by Crippen LogP contribution is 2.09. The van der Waals surface area contributed by atoms with E-state index in [1.165, 1.54) is 0 Å². The summed E-state index contributed by atoms with van der Waals surface area (Å²) in [6, 6.07) is 3.52. The number of nitro groups is 1. The summed E-state index contributed by atoms with van der Waals surface area (Å²) < 4.78 is 0. The lowest BCUT2D eigenvalue weighted by Crippen LogP contribution is -2.30. The van der Waals surface area contributed by atoms with Gasteiger partial charge in [-0.1, -0.05) is 17.7 Å². The van der Waals surface area contributed by atoms with Crippen molar-refractivity contribution in [2.75, 3.05) is 13.1 Å². The molecule has 0 aromatic carbocycles. The highest BCUT2D eigenvalue weighted by molar-refractivity contribution is 6.29. The van der Waals surface area contributed by atoms with E-state index in [-0.39, 0.29) is 11.9 Å². The van der Waals surface area contributed by atoms with Crippen LogP contribution in [-0.4, -0.2) is 39.9 Å². The maximum atomic E-state index is 10.3. The molecule has 2 rings (SSSR count). The Labute approximate surface area is 125 Å². The van der Waals surface area contributed by atoms with Gasteiger partial charge in [0, 0.05) is 25.8 Å². The fourth-order valence-corrected chi connectivity index (χ4v) is 1.68. The first-order valence-corrected chi connectivity index (χ1v) is 6.18. The second kappa shape index (κ2) is 7.85. The van der Waals surface area contributed by atoms with Crippen LogP contribution in [0.2, 0.25) is 5.15 Å². The zero-order valence-corrected chi connectivity index (χ0v) is 11.7. The maximum absolute atomic E-state index is 10.3. The van der Waals surface area contributed by atoms with E-state index in [1.807, 2.05) is 6.07 Å². The van der Waals surface area contributed by atoms with E-state index in [0.29, 0.717) is 24.8 Å². The molecule has 114 valence electrons. The van der Waals surface area contributed by atoms with Crippen LogP contribution in [0.4, 0.5) is 0 Å². The predicted octanol–water partition coefficient (Wildman–Crippen LogP) is -0.474. The van der Waals surface area contributed by atoms with Crippen LogP contribution < -0.4 is 16.8 Å². The number of aromatic nitrogens is 1. The van der Waals surface area contributed by atoms with Crippen molar-refractivity contribution in [3.63, 3.8) is 0 Å². The molecule has 2 heterocycles. The molecule has 1 fully saturated rings. The molecule has 6 N–H and O–H groups in total. The molecule has 0 radical (unpaired) electrons. The van der Waals surface area contributed by atoms with E-state index in [9.17, 15) is 10.1 Å². The minimum atomic E-state index is -0.708. The van der Waals surface area contributed by atoms with Gasteiger partial charge in [-0.25, -0.2) is 15.1 Å². The summed E-state index contributed by atoms with van der Waals surface area (Å²) in [5, 5.41) is 22.2. The van der Waals surface area contributed by atoms with Crippen LogP contribution in [-0.2, 0) is 6.54 Å². The average molecular weight is 315 g/mol. The van der Waals surface area contributed by atoms with Gasteiger partial charge >= 0.3 is 0 Å². The number of hydrogen-bond donors (Lipinski definition) is 4. The number of hydrazone groups is 1. The molecule has 1 aromatic heterocycles. The SMILES string of the molecule is N=C(N)N.O=[N+]([O-])/N=C1\NCCN1Cc1ccc(Cl)nc1. The molecule has 0 bridgehead atoms. The molecule has 0 aliphatic carbocycles. The summed E-state index contributed by atoms with van der Waals surface area (Å²) in [6.45, 7) is 1.84. The van der Waals surface area contributed by atoms with Crippen LogP contribution in [0.25, 0.3) is 0 Å². The normalized spacial score (nSPS) is 15.1. The Morgan fingerprint density at radius 1 is 1.62 bits per heavy atom. The fraction of sp³-hybridized carbons (Fsp3) is 0.300. The van der Waals surface area contributed by atoms with Crippen LogP contribution in [0.15, 0.2) is 23.4 Å². The number of nitrogens with zero attached hydrogens (tertiary/aromatic N) is 4. The van der Waals surface area contributed by atoms with E-state index in [1.54, 1.807) is 17.2 Å². The van der Waals surface area contributed by atoms with Crippen LogP contribution in [0.5, 0.6) is 0 Å². The Balaban J connectivity index is 0.000000491. The molecule has 21 heavy (non-hydrogen) atoms. The van der Waals surface area contributed by atoms with Gasteiger partial charge in [0.15, 0.2) is 11.0 Å². The Morgan fingerprint density at radius 2 is 2.29 bits per heavy atom. The Kier molecular flexibility index (Phi) is 6.14. The van der Waals surface area contributed by atoms with Gasteiger partial charge in [0.05, 0.1) is 0 Å². The van der Waals surface area contributed by atoms with Gasteiger partial charge < -0.3 is 21.7 Å². The molecule has 0 amide bonds. The highest BCUT2D eigenvalue weighted by atomic mass is 35.5. The van der Waals surface area contributed by atoms with E-state index in [2.05, 4.69) is 26.9 Å². The van der Waals surface area contributed by atoms with Gasteiger partial charge in [-0.15, -0.1) is 0 Å². The minimum absolute atomic E-state index is 0.282. The topological polar surface area (TPSA) is 160 Å². The second-order valence-electron chi connectivity index (χ2n) is 3.95. The molecular weight excluding hydrogens is 300 g/mol. The molecule has 1 aliphatic heterocycles. The molecule has 1 saturated heterocycles. The molecular formula is C10H15ClN8O2. The fourth-order valence-electron chi connectivity index (χ4n) is 1.57. The van der Waals surface area contributed by atoms with Gasteiger partial charge in [-0.2, -0.15) is 0 Å². The number of halogens is 1. The monoisotopic (exact) mass is 314 g/mol. The summed E-state index contributed by atoms with van der Waals surface area (Å²) in [7, 11) is 0. The summed E-state index contributed by atoms with van der Waals surface area (Å²) in [5.74, 6) is -0.0510. The number of rotatable bonds is 3. The number of nitrogens with two attached hydrogens (primary N) is 2. The van der Waals surface area contributed by atoms with Crippen LogP contribution in [0, 0.1) is 15.5 Å². The van der Waals surface area contributed by atoms with Crippen molar-refractivity contribution < 1.29 is 5.03 Å². The molecule has 0 saturated carbocycles. The largest absolute Gasteiger partial charge is 0.370 e. The smallest absolute Gasteiger partial charge is 0.271 e. The van der Waals surface area contributed by atoms with Crippen LogP contribution in [0.1, 0.15) is 5.56 Å². The first kappa shape index (κ1) is 16.4. The average Bonchev–Trinajstić information content (AvgIpc) is 2.78. The summed E-state index contributed by atoms with van der Waals surface area (Å²) >= 11 is 5.68. The van der Waals surface area contributed by atoms with Gasteiger partial charge in [0.1, 0.15) is 10.3 Å². The predicted molar refractivity (Wildman–Crippen MR) is 78.2 cm³/mol. The molecule has 10 nitrogen and oxygen atoms in total. The van der Waals surface area contributed by atoms with Gasteiger partial charge in [0.25, 0.3) is 5.96 Å². The van der Waals surface area contributed by atoms with E-state index in [0.717, 1.165) is 5.56 Å². The number of nitrogens with one attached hydrogen (secondary N) is 2. The first-order chi connectivity index (χ1) is 9.88. The Hall–Kier alpha value is -2.62. The number of pyridine rings is 1. The van der Waals surface area contributed by atoms with Gasteiger partial charge in [0.2, 0.25) is 0 Å². The van der Waals surface area contributed by atoms with Crippen LogP contribution >= 0.6 is 11.6 Å². The second-order valence-corrected chi connectivity index (χ2v) is 4.34. The van der Waals surface area contributed by atoms with E-state index >= 15 is 0 Å². The van der Waals surface area contributed by atoms with Crippen molar-refractivity contribution in [1.82, 2.24) is 15.2 Å². The third kappa shape index (κ3) is 6.38. The molecule has 0 unspecified atom stereocenters. The summed E-state index contributed by atoms with van der Waals surface area (Å²) in [4.78, 5) is 16.1. The van der Waals surface area contributed by atoms with Crippen molar-refractivity contribution >= 4 is 23.5 Å². The third-order valence-corrected chi connectivity index (χ3v) is 2.53. The number of hydrogen-bond acceptors (Lipinski definition) is 4. The van der Waals surface area contributed by atoms with Crippen molar-refractivity contribution in [2.45, 2.75) is 6.54 Å². The molecule has 1 aliphatic rings. The zero-order chi connectivity index (χ0) is 15.8. The lowest BCUT2D eigenvalue weighted by Gasteiger charge is -2.14. The van der Waals surface area contributed by atoms with Gasteiger partial charge in [-0.05, 0) is 11.6 Å². The van der Waals surface area contributed by atoms with E-state index < -0.39 is 5.03 Å². The van der Waals surface area contributed by atoms with E-state index in [4.69, 9.17) is 17.0 Å². The summed E-state index contributed by atoms with van der Waals surface area (Å²) in [5.41, 5.74) is 9.87. The lowest BCUT2D eigenvalue weighted by molar-refractivity contribution is -0.485. The zero-order valence-electron chi connectivity index (χ0n) is 11.0. The highest BCUT2D eigenvalue weighted by Gasteiger charge is 2.21. The molecule has 0 spiro atoms. The van der Waals surface area contributed by atoms with Crippen molar-refractivity contribution in [3.05, 3.63) is 39.2 Å². The quantitative estimate of drug-likeness (QED) is 0.193. The maximum Gasteiger partial charge on any atom is 0.271 e. The molecule has 11 heteroatoms. The van der Waals surface area contributed by atoms with Crippen molar-refractivity contribution in [1.29, 1.82) is 5.41 Å².